The lowest BCUT2D eigenvalue weighted by molar-refractivity contribution is -0.136. The maximum atomic E-state index is 12.7. The first kappa shape index (κ1) is 21.7. The fourth-order valence-corrected chi connectivity index (χ4v) is 3.69. The number of carbonyl (C=O) groups excluding carboxylic acids is 1. The predicted molar refractivity (Wildman–Crippen MR) is 123 cm³/mol. The molecule has 4 aromatic rings. The minimum absolute atomic E-state index is 0.129. The van der Waals surface area contributed by atoms with Crippen molar-refractivity contribution in [3.63, 3.8) is 0 Å². The number of pyridine rings is 1. The van der Waals surface area contributed by atoms with E-state index in [4.69, 9.17) is 33.0 Å². The van der Waals surface area contributed by atoms with E-state index in [1.807, 2.05) is 13.1 Å². The van der Waals surface area contributed by atoms with Crippen molar-refractivity contribution in [2.24, 2.45) is 7.05 Å². The normalized spacial score (nSPS) is 10.8. The Labute approximate surface area is 193 Å². The molecule has 7 nitrogen and oxygen atoms in total. The molecule has 2 heterocycles. The minimum Gasteiger partial charge on any atom is -0.481 e. The van der Waals surface area contributed by atoms with Crippen LogP contribution in [0.15, 0.2) is 60.8 Å². The summed E-state index contributed by atoms with van der Waals surface area (Å²) < 4.78 is 7.46. The SMILES string of the molecule is Cn1c(C(=O)Nc2ccc(Oc3ccc(CC(=O)O)cc3Cl)nc2)cc2cc(Cl)ccc21. The van der Waals surface area contributed by atoms with E-state index in [9.17, 15) is 9.59 Å². The van der Waals surface area contributed by atoms with Gasteiger partial charge in [-0.25, -0.2) is 4.98 Å². The van der Waals surface area contributed by atoms with E-state index in [2.05, 4.69) is 10.3 Å². The molecule has 0 aliphatic rings. The third-order valence-electron chi connectivity index (χ3n) is 4.80. The Morgan fingerprint density at radius 2 is 1.91 bits per heavy atom. The number of fused-ring (bicyclic) bond motifs is 1. The number of carbonyl (C=O) groups is 2. The summed E-state index contributed by atoms with van der Waals surface area (Å²) in [5.41, 5.74) is 2.44. The van der Waals surface area contributed by atoms with Crippen molar-refractivity contribution >= 4 is 51.7 Å². The van der Waals surface area contributed by atoms with Crippen LogP contribution in [0.1, 0.15) is 16.1 Å². The maximum Gasteiger partial charge on any atom is 0.307 e. The summed E-state index contributed by atoms with van der Waals surface area (Å²) in [7, 11) is 1.81. The number of nitrogens with zero attached hydrogens (tertiary/aromatic N) is 2. The van der Waals surface area contributed by atoms with Gasteiger partial charge in [0.05, 0.1) is 23.3 Å². The first-order chi connectivity index (χ1) is 15.3. The van der Waals surface area contributed by atoms with E-state index in [0.29, 0.717) is 27.7 Å². The van der Waals surface area contributed by atoms with Gasteiger partial charge in [0.25, 0.3) is 5.91 Å². The largest absolute Gasteiger partial charge is 0.481 e. The number of hydrogen-bond donors (Lipinski definition) is 2. The first-order valence-corrected chi connectivity index (χ1v) is 10.3. The fraction of sp³-hybridized carbons (Fsp3) is 0.0870. The molecule has 0 spiro atoms. The zero-order valence-electron chi connectivity index (χ0n) is 16.8. The van der Waals surface area contributed by atoms with Gasteiger partial charge in [0, 0.05) is 29.0 Å². The van der Waals surface area contributed by atoms with Gasteiger partial charge >= 0.3 is 5.97 Å². The van der Waals surface area contributed by atoms with Gasteiger partial charge in [-0.1, -0.05) is 29.3 Å². The zero-order chi connectivity index (χ0) is 22.8. The molecule has 1 amide bonds. The molecule has 0 fully saturated rings. The fourth-order valence-electron chi connectivity index (χ4n) is 3.27. The number of anilines is 1. The number of aliphatic carboxylic acids is 1. The van der Waals surface area contributed by atoms with Crippen LogP contribution in [0, 0.1) is 0 Å². The highest BCUT2D eigenvalue weighted by Gasteiger charge is 2.14. The van der Waals surface area contributed by atoms with Crippen LogP contribution in [0.25, 0.3) is 10.9 Å². The van der Waals surface area contributed by atoms with E-state index >= 15 is 0 Å². The average Bonchev–Trinajstić information content (AvgIpc) is 3.06. The Bertz CT molecular complexity index is 1330. The summed E-state index contributed by atoms with van der Waals surface area (Å²) in [5, 5.41) is 13.4. The van der Waals surface area contributed by atoms with E-state index in [1.54, 1.807) is 47.0 Å². The lowest BCUT2D eigenvalue weighted by Crippen LogP contribution is -2.15. The third-order valence-corrected chi connectivity index (χ3v) is 5.33. The van der Waals surface area contributed by atoms with Gasteiger partial charge in [0.15, 0.2) is 0 Å². The highest BCUT2D eigenvalue weighted by molar-refractivity contribution is 6.32. The van der Waals surface area contributed by atoms with Gasteiger partial charge in [0.2, 0.25) is 5.88 Å². The molecule has 0 saturated heterocycles. The zero-order valence-corrected chi connectivity index (χ0v) is 18.3. The number of benzene rings is 2. The summed E-state index contributed by atoms with van der Waals surface area (Å²) in [6.45, 7) is 0. The number of rotatable bonds is 6. The van der Waals surface area contributed by atoms with Crippen molar-refractivity contribution in [1.29, 1.82) is 0 Å². The van der Waals surface area contributed by atoms with Crippen LogP contribution < -0.4 is 10.1 Å². The molecule has 9 heteroatoms. The van der Waals surface area contributed by atoms with Gasteiger partial charge in [-0.3, -0.25) is 9.59 Å². The van der Waals surface area contributed by atoms with Gasteiger partial charge < -0.3 is 19.7 Å². The Kier molecular flexibility index (Phi) is 6.03. The smallest absolute Gasteiger partial charge is 0.307 e. The number of carboxylic acids is 1. The van der Waals surface area contributed by atoms with Gasteiger partial charge in [-0.05, 0) is 48.0 Å². The van der Waals surface area contributed by atoms with Crippen molar-refractivity contribution in [3.8, 4) is 11.6 Å². The topological polar surface area (TPSA) is 93.5 Å². The van der Waals surface area contributed by atoms with E-state index in [0.717, 1.165) is 10.9 Å². The third kappa shape index (κ3) is 4.69. The molecule has 0 aliphatic carbocycles. The predicted octanol–water partition coefficient (Wildman–Crippen LogP) is 5.55. The second-order valence-electron chi connectivity index (χ2n) is 7.07. The average molecular weight is 470 g/mol. The molecule has 32 heavy (non-hydrogen) atoms. The number of amides is 1. The molecule has 0 atom stereocenters. The molecule has 2 N–H and O–H groups in total. The highest BCUT2D eigenvalue weighted by Crippen LogP contribution is 2.30. The van der Waals surface area contributed by atoms with Crippen LogP contribution in [-0.2, 0) is 18.3 Å². The number of aromatic nitrogens is 2. The first-order valence-electron chi connectivity index (χ1n) is 9.50. The summed E-state index contributed by atoms with van der Waals surface area (Å²) in [5.74, 6) is -0.608. The molecule has 162 valence electrons. The second kappa shape index (κ2) is 8.90. The lowest BCUT2D eigenvalue weighted by atomic mass is 10.1. The lowest BCUT2D eigenvalue weighted by Gasteiger charge is -2.09. The molecule has 4 rings (SSSR count). The number of hydrogen-bond acceptors (Lipinski definition) is 4. The number of halogens is 2. The van der Waals surface area contributed by atoms with Crippen molar-refractivity contribution < 1.29 is 19.4 Å². The Morgan fingerprint density at radius 3 is 2.59 bits per heavy atom. The quantitative estimate of drug-likeness (QED) is 0.385. The molecular formula is C23H17Cl2N3O4. The van der Waals surface area contributed by atoms with Crippen LogP contribution in [0.5, 0.6) is 11.6 Å². The summed E-state index contributed by atoms with van der Waals surface area (Å²) >= 11 is 12.2. The van der Waals surface area contributed by atoms with Crippen LogP contribution in [-0.4, -0.2) is 26.5 Å². The van der Waals surface area contributed by atoms with Crippen molar-refractivity contribution in [3.05, 3.63) is 82.1 Å². The molecule has 2 aromatic carbocycles. The van der Waals surface area contributed by atoms with Gasteiger partial charge in [-0.2, -0.15) is 0 Å². The molecule has 0 radical (unpaired) electrons. The number of carboxylic acid groups (broad SMARTS) is 1. The molecule has 0 unspecified atom stereocenters. The summed E-state index contributed by atoms with van der Waals surface area (Å²) in [6, 6.07) is 15.2. The maximum absolute atomic E-state index is 12.7. The van der Waals surface area contributed by atoms with Crippen molar-refractivity contribution in [1.82, 2.24) is 9.55 Å². The number of aryl methyl sites for hydroxylation is 1. The molecule has 0 saturated carbocycles. The van der Waals surface area contributed by atoms with E-state index in [1.165, 1.54) is 12.3 Å². The standard InChI is InChI=1S/C23H17Cl2N3O4/c1-28-18-5-3-15(24)10-14(18)11-19(28)23(31)27-16-4-7-21(26-12-16)32-20-6-2-13(8-17(20)25)9-22(29)30/h2-8,10-12H,9H2,1H3,(H,27,31)(H,29,30). The van der Waals surface area contributed by atoms with Crippen LogP contribution >= 0.6 is 23.2 Å². The Balaban J connectivity index is 1.46. The highest BCUT2D eigenvalue weighted by atomic mass is 35.5. The second-order valence-corrected chi connectivity index (χ2v) is 7.91. The van der Waals surface area contributed by atoms with Gasteiger partial charge in [-0.15, -0.1) is 0 Å². The summed E-state index contributed by atoms with van der Waals surface area (Å²) in [6.07, 6.45) is 1.34. The molecular weight excluding hydrogens is 453 g/mol. The monoisotopic (exact) mass is 469 g/mol. The van der Waals surface area contributed by atoms with Crippen molar-refractivity contribution in [2.75, 3.05) is 5.32 Å². The summed E-state index contributed by atoms with van der Waals surface area (Å²) in [4.78, 5) is 27.7. The molecule has 0 bridgehead atoms. The number of ether oxygens (including phenoxy) is 1. The minimum atomic E-state index is -0.943. The Hall–Kier alpha value is -3.55. The Morgan fingerprint density at radius 1 is 1.09 bits per heavy atom. The van der Waals surface area contributed by atoms with Crippen LogP contribution in [0.3, 0.4) is 0 Å². The molecule has 0 aliphatic heterocycles. The van der Waals surface area contributed by atoms with E-state index in [-0.39, 0.29) is 23.2 Å². The van der Waals surface area contributed by atoms with Gasteiger partial charge in [0.1, 0.15) is 11.4 Å². The van der Waals surface area contributed by atoms with Crippen LogP contribution in [0.2, 0.25) is 10.0 Å². The number of nitrogens with one attached hydrogen (secondary N) is 1. The van der Waals surface area contributed by atoms with Crippen molar-refractivity contribution in [2.45, 2.75) is 6.42 Å². The van der Waals surface area contributed by atoms with E-state index < -0.39 is 5.97 Å². The molecule has 2 aromatic heterocycles. The van der Waals surface area contributed by atoms with Crippen LogP contribution in [0.4, 0.5) is 5.69 Å².